The van der Waals surface area contributed by atoms with Crippen LogP contribution < -0.4 is 4.74 Å². The molecule has 0 N–H and O–H groups in total. The average molecular weight is 505 g/mol. The highest BCUT2D eigenvalue weighted by molar-refractivity contribution is 5.66. The summed E-state index contributed by atoms with van der Waals surface area (Å²) in [4.78, 5) is 0. The molecule has 1 fully saturated rings. The highest BCUT2D eigenvalue weighted by atomic mass is 19.2. The maximum absolute atomic E-state index is 15.1. The highest BCUT2D eigenvalue weighted by Gasteiger charge is 2.27. The molecule has 0 radical (unpaired) electrons. The maximum atomic E-state index is 15.1. The summed E-state index contributed by atoms with van der Waals surface area (Å²) in [7, 11) is 0. The number of unbranched alkanes of at least 4 members (excludes halogenated alkanes) is 5. The van der Waals surface area contributed by atoms with Gasteiger partial charge in [-0.2, -0.15) is 4.39 Å². The second kappa shape index (κ2) is 14.4. The number of hydrogen-bond donors (Lipinski definition) is 0. The molecule has 1 aliphatic rings. The monoisotopic (exact) mass is 504 g/mol. The van der Waals surface area contributed by atoms with Crippen LogP contribution in [0.2, 0.25) is 0 Å². The van der Waals surface area contributed by atoms with Crippen LogP contribution in [0.25, 0.3) is 11.1 Å². The Hall–Kier alpha value is -2.30. The maximum Gasteiger partial charge on any atom is 0.201 e. The Morgan fingerprint density at radius 1 is 0.722 bits per heavy atom. The summed E-state index contributed by atoms with van der Waals surface area (Å²) in [5, 5.41) is 0. The smallest absolute Gasteiger partial charge is 0.201 e. The van der Waals surface area contributed by atoms with Crippen LogP contribution in [-0.4, -0.2) is 6.61 Å². The van der Waals surface area contributed by atoms with E-state index in [1.165, 1.54) is 37.1 Å². The van der Waals surface area contributed by atoms with Crippen LogP contribution in [0, 0.1) is 29.2 Å². The van der Waals surface area contributed by atoms with Crippen molar-refractivity contribution in [1.82, 2.24) is 0 Å². The highest BCUT2D eigenvalue weighted by Crippen LogP contribution is 2.40. The van der Waals surface area contributed by atoms with Crippen molar-refractivity contribution in [2.75, 3.05) is 6.61 Å². The van der Waals surface area contributed by atoms with Crippen molar-refractivity contribution in [2.45, 2.75) is 96.8 Å². The molecule has 3 rings (SSSR count). The molecule has 0 aliphatic heterocycles. The minimum Gasteiger partial charge on any atom is -0.490 e. The van der Waals surface area contributed by atoms with Crippen LogP contribution in [0.3, 0.4) is 0 Å². The predicted octanol–water partition coefficient (Wildman–Crippen LogP) is 10.3. The van der Waals surface area contributed by atoms with Crippen LogP contribution in [0.4, 0.5) is 17.6 Å². The molecule has 0 aromatic heterocycles. The van der Waals surface area contributed by atoms with Gasteiger partial charge >= 0.3 is 0 Å². The standard InChI is InChI=1S/C31H40F4O/c1-3-5-7-8-9-11-21-36-27-20-19-26(30(34)31(27)35)25-18-17-24(28(32)29(25)33)23-15-13-22(14-16-23)12-10-6-4-2/h6,10,17-20,22-23H,3-5,7-9,11-16,21H2,1-2H3/b10-6-. The van der Waals surface area contributed by atoms with Crippen molar-refractivity contribution in [3.05, 3.63) is 65.2 Å². The second-order valence-electron chi connectivity index (χ2n) is 10.0. The van der Waals surface area contributed by atoms with E-state index in [0.717, 1.165) is 64.2 Å². The number of halogens is 4. The van der Waals surface area contributed by atoms with E-state index in [0.29, 0.717) is 11.5 Å². The van der Waals surface area contributed by atoms with E-state index in [1.807, 2.05) is 0 Å². The lowest BCUT2D eigenvalue weighted by Crippen LogP contribution is -2.14. The van der Waals surface area contributed by atoms with Crippen LogP contribution >= 0.6 is 0 Å². The number of allylic oxidation sites excluding steroid dienone is 2. The first-order valence-electron chi connectivity index (χ1n) is 13.7. The van der Waals surface area contributed by atoms with Gasteiger partial charge in [-0.15, -0.1) is 0 Å². The van der Waals surface area contributed by atoms with Gasteiger partial charge in [0.25, 0.3) is 0 Å². The van der Waals surface area contributed by atoms with Gasteiger partial charge in [-0.1, -0.05) is 70.2 Å². The lowest BCUT2D eigenvalue weighted by molar-refractivity contribution is 0.285. The molecule has 0 heterocycles. The zero-order chi connectivity index (χ0) is 25.9. The zero-order valence-corrected chi connectivity index (χ0v) is 21.7. The summed E-state index contributed by atoms with van der Waals surface area (Å²) in [5.41, 5.74) is -0.235. The first-order valence-corrected chi connectivity index (χ1v) is 13.7. The fraction of sp³-hybridized carbons (Fsp3) is 0.548. The summed E-state index contributed by atoms with van der Waals surface area (Å²) in [6.45, 7) is 4.54. The van der Waals surface area contributed by atoms with Crippen molar-refractivity contribution in [3.63, 3.8) is 0 Å². The molecule has 0 amide bonds. The Balaban J connectivity index is 1.65. The van der Waals surface area contributed by atoms with E-state index >= 15 is 8.78 Å². The summed E-state index contributed by atoms with van der Waals surface area (Å²) < 4.78 is 65.1. The van der Waals surface area contributed by atoms with Gasteiger partial charge in [0.15, 0.2) is 23.2 Å². The van der Waals surface area contributed by atoms with Gasteiger partial charge in [-0.25, -0.2) is 13.2 Å². The third kappa shape index (κ3) is 7.36. The molecular weight excluding hydrogens is 464 g/mol. The van der Waals surface area contributed by atoms with E-state index in [4.69, 9.17) is 4.74 Å². The fourth-order valence-corrected chi connectivity index (χ4v) is 5.17. The predicted molar refractivity (Wildman–Crippen MR) is 139 cm³/mol. The Kier molecular flexibility index (Phi) is 11.3. The Morgan fingerprint density at radius 2 is 1.36 bits per heavy atom. The molecule has 1 nitrogen and oxygen atoms in total. The van der Waals surface area contributed by atoms with E-state index in [2.05, 4.69) is 26.0 Å². The van der Waals surface area contributed by atoms with Gasteiger partial charge in [0, 0.05) is 11.1 Å². The summed E-state index contributed by atoms with van der Waals surface area (Å²) >= 11 is 0. The number of rotatable bonds is 13. The van der Waals surface area contributed by atoms with Crippen LogP contribution in [0.15, 0.2) is 36.4 Å². The van der Waals surface area contributed by atoms with Crippen molar-refractivity contribution in [2.24, 2.45) is 5.92 Å². The van der Waals surface area contributed by atoms with Gasteiger partial charge in [0.05, 0.1) is 6.61 Å². The molecule has 1 aliphatic carbocycles. The lowest BCUT2D eigenvalue weighted by atomic mass is 9.77. The Morgan fingerprint density at radius 3 is 2.06 bits per heavy atom. The summed E-state index contributed by atoms with van der Waals surface area (Å²) in [6, 6.07) is 5.47. The van der Waals surface area contributed by atoms with Crippen LogP contribution in [0.5, 0.6) is 5.75 Å². The molecule has 0 unspecified atom stereocenters. The molecule has 36 heavy (non-hydrogen) atoms. The summed E-state index contributed by atoms with van der Waals surface area (Å²) in [6.07, 6.45) is 16.3. The SMILES string of the molecule is CC/C=C\CC1CCC(c2ccc(-c3ccc(OCCCCCCCC)c(F)c3F)c(F)c2F)CC1. The van der Waals surface area contributed by atoms with Crippen molar-refractivity contribution in [1.29, 1.82) is 0 Å². The third-order valence-electron chi connectivity index (χ3n) is 7.36. The lowest BCUT2D eigenvalue weighted by Gasteiger charge is -2.28. The topological polar surface area (TPSA) is 9.23 Å². The minimum absolute atomic E-state index is 0.0562. The zero-order valence-electron chi connectivity index (χ0n) is 21.7. The van der Waals surface area contributed by atoms with Crippen molar-refractivity contribution in [3.8, 4) is 16.9 Å². The Bertz CT molecular complexity index is 993. The van der Waals surface area contributed by atoms with Crippen molar-refractivity contribution >= 4 is 0 Å². The molecule has 1 saturated carbocycles. The van der Waals surface area contributed by atoms with E-state index in [1.54, 1.807) is 0 Å². The van der Waals surface area contributed by atoms with E-state index < -0.39 is 23.3 Å². The van der Waals surface area contributed by atoms with Gasteiger partial charge in [-0.05, 0) is 74.5 Å². The first kappa shape index (κ1) is 28.3. The van der Waals surface area contributed by atoms with E-state index in [9.17, 15) is 8.78 Å². The molecule has 5 heteroatoms. The number of benzene rings is 2. The number of hydrogen-bond acceptors (Lipinski definition) is 1. The molecule has 0 atom stereocenters. The van der Waals surface area contributed by atoms with Gasteiger partial charge in [-0.3, -0.25) is 0 Å². The molecule has 2 aromatic carbocycles. The summed E-state index contributed by atoms with van der Waals surface area (Å²) in [5.74, 6) is -4.15. The average Bonchev–Trinajstić information content (AvgIpc) is 2.89. The molecule has 198 valence electrons. The Labute approximate surface area is 214 Å². The third-order valence-corrected chi connectivity index (χ3v) is 7.36. The molecule has 0 saturated heterocycles. The van der Waals surface area contributed by atoms with Gasteiger partial charge in [0.1, 0.15) is 0 Å². The second-order valence-corrected chi connectivity index (χ2v) is 10.0. The first-order chi connectivity index (χ1) is 17.5. The molecule has 0 bridgehead atoms. The number of ether oxygens (including phenoxy) is 1. The largest absolute Gasteiger partial charge is 0.490 e. The quantitative estimate of drug-likeness (QED) is 0.150. The van der Waals surface area contributed by atoms with Crippen LogP contribution in [-0.2, 0) is 0 Å². The van der Waals surface area contributed by atoms with E-state index in [-0.39, 0.29) is 29.4 Å². The normalized spacial score (nSPS) is 18.2. The van der Waals surface area contributed by atoms with Crippen LogP contribution in [0.1, 0.15) is 102 Å². The van der Waals surface area contributed by atoms with Gasteiger partial charge < -0.3 is 4.74 Å². The molecular formula is C31H40F4O. The minimum atomic E-state index is -1.22. The van der Waals surface area contributed by atoms with Crippen molar-refractivity contribution < 1.29 is 22.3 Å². The van der Waals surface area contributed by atoms with Gasteiger partial charge in [0.2, 0.25) is 5.82 Å². The molecule has 2 aromatic rings. The fourth-order valence-electron chi connectivity index (χ4n) is 5.17. The molecule has 0 spiro atoms.